The summed E-state index contributed by atoms with van der Waals surface area (Å²) in [6.45, 7) is 2.93. The molecule has 1 aliphatic heterocycles. The third kappa shape index (κ3) is 2.48. The van der Waals surface area contributed by atoms with Gasteiger partial charge in [0.2, 0.25) is 6.21 Å². The minimum atomic E-state index is -0.0713. The number of hydrazine groups is 1. The molecule has 0 saturated carbocycles. The van der Waals surface area contributed by atoms with Crippen molar-refractivity contribution in [3.8, 4) is 0 Å². The molecule has 0 atom stereocenters. The topological polar surface area (TPSA) is 32.1 Å². The summed E-state index contributed by atoms with van der Waals surface area (Å²) < 4.78 is 1.87. The second-order valence-corrected chi connectivity index (χ2v) is 5.02. The first-order chi connectivity index (χ1) is 9.74. The van der Waals surface area contributed by atoms with Gasteiger partial charge >= 0.3 is 5.91 Å². The van der Waals surface area contributed by atoms with Crippen LogP contribution < -0.4 is 5.43 Å². The van der Waals surface area contributed by atoms with Crippen LogP contribution in [0.1, 0.15) is 27.0 Å². The first kappa shape index (κ1) is 12.6. The van der Waals surface area contributed by atoms with Crippen molar-refractivity contribution >= 4 is 12.1 Å². The van der Waals surface area contributed by atoms with Crippen molar-refractivity contribution in [1.82, 2.24) is 5.43 Å². The lowest BCUT2D eigenvalue weighted by Gasteiger charge is -2.14. The first-order valence-corrected chi connectivity index (χ1v) is 6.80. The van der Waals surface area contributed by atoms with Gasteiger partial charge in [-0.05, 0) is 36.2 Å². The van der Waals surface area contributed by atoms with E-state index in [0.29, 0.717) is 5.56 Å². The van der Waals surface area contributed by atoms with Crippen LogP contribution in [0.15, 0.2) is 48.5 Å². The maximum atomic E-state index is 12.1. The maximum absolute atomic E-state index is 12.1. The molecule has 0 aliphatic carbocycles. The standard InChI is InChI=1S/C17H16N2O/c1-13-6-5-9-15-12-19(11-10-16(13)15)18-17(20)14-7-3-2-4-8-14/h2-9,12H,10-11H2,1H3/p+1. The van der Waals surface area contributed by atoms with Crippen molar-refractivity contribution in [2.75, 3.05) is 6.54 Å². The zero-order valence-electron chi connectivity index (χ0n) is 11.5. The van der Waals surface area contributed by atoms with Crippen LogP contribution >= 0.6 is 0 Å². The number of carbonyl (C=O) groups is 1. The number of fused-ring (bicyclic) bond motifs is 1. The van der Waals surface area contributed by atoms with E-state index in [1.165, 1.54) is 16.7 Å². The molecule has 0 radical (unpaired) electrons. The van der Waals surface area contributed by atoms with Gasteiger partial charge in [-0.1, -0.05) is 30.3 Å². The van der Waals surface area contributed by atoms with E-state index in [1.807, 2.05) is 47.3 Å². The smallest absolute Gasteiger partial charge is 0.264 e. The highest BCUT2D eigenvalue weighted by molar-refractivity contribution is 5.93. The number of benzene rings is 2. The largest absolute Gasteiger partial charge is 0.304 e. The average molecular weight is 265 g/mol. The Labute approximate surface area is 118 Å². The van der Waals surface area contributed by atoms with Crippen molar-refractivity contribution in [2.24, 2.45) is 0 Å². The van der Waals surface area contributed by atoms with Crippen molar-refractivity contribution < 1.29 is 9.48 Å². The van der Waals surface area contributed by atoms with Gasteiger partial charge in [0.15, 0.2) is 6.54 Å². The number of nitrogens with one attached hydrogen (secondary N) is 1. The second kappa shape index (κ2) is 5.29. The summed E-state index contributed by atoms with van der Waals surface area (Å²) in [6, 6.07) is 15.5. The van der Waals surface area contributed by atoms with E-state index in [2.05, 4.69) is 24.5 Å². The summed E-state index contributed by atoms with van der Waals surface area (Å²) in [4.78, 5) is 12.1. The molecule has 0 saturated heterocycles. The average Bonchev–Trinajstić information content (AvgIpc) is 2.48. The fourth-order valence-corrected chi connectivity index (χ4v) is 2.52. The molecule has 2 aromatic carbocycles. The minimum Gasteiger partial charge on any atom is -0.264 e. The molecule has 0 unspecified atom stereocenters. The molecule has 1 aliphatic rings. The van der Waals surface area contributed by atoms with Crippen molar-refractivity contribution in [2.45, 2.75) is 13.3 Å². The summed E-state index contributed by atoms with van der Waals surface area (Å²) in [5.74, 6) is -0.0713. The van der Waals surface area contributed by atoms with Crippen LogP contribution in [0.5, 0.6) is 0 Å². The summed E-state index contributed by atoms with van der Waals surface area (Å²) in [6.07, 6.45) is 2.96. The monoisotopic (exact) mass is 265 g/mol. The predicted octanol–water partition coefficient (Wildman–Crippen LogP) is 2.33. The molecule has 2 aromatic rings. The van der Waals surface area contributed by atoms with Gasteiger partial charge in [-0.3, -0.25) is 4.79 Å². The Morgan fingerprint density at radius 3 is 2.70 bits per heavy atom. The molecular weight excluding hydrogens is 248 g/mol. The van der Waals surface area contributed by atoms with Gasteiger partial charge in [-0.2, -0.15) is 0 Å². The first-order valence-electron chi connectivity index (χ1n) is 6.80. The normalized spacial score (nSPS) is 13.3. The third-order valence-electron chi connectivity index (χ3n) is 3.63. The Bertz CT molecular complexity index is 675. The lowest BCUT2D eigenvalue weighted by molar-refractivity contribution is -0.568. The number of carbonyl (C=O) groups excluding carboxylic acids is 1. The van der Waals surface area contributed by atoms with E-state index >= 15 is 0 Å². The molecule has 0 aromatic heterocycles. The van der Waals surface area contributed by atoms with Gasteiger partial charge in [0.1, 0.15) is 0 Å². The van der Waals surface area contributed by atoms with Gasteiger partial charge in [0.25, 0.3) is 0 Å². The van der Waals surface area contributed by atoms with Crippen LogP contribution in [0.3, 0.4) is 0 Å². The van der Waals surface area contributed by atoms with Crippen LogP contribution in [0.4, 0.5) is 0 Å². The molecule has 100 valence electrons. The fraction of sp³-hybridized carbons (Fsp3) is 0.176. The van der Waals surface area contributed by atoms with Crippen LogP contribution in [0, 0.1) is 6.92 Å². The molecule has 0 fully saturated rings. The molecule has 3 rings (SSSR count). The number of hydrogen-bond acceptors (Lipinski definition) is 1. The Morgan fingerprint density at radius 2 is 1.90 bits per heavy atom. The zero-order chi connectivity index (χ0) is 13.9. The van der Waals surface area contributed by atoms with Crippen LogP contribution in [-0.4, -0.2) is 23.4 Å². The Balaban J connectivity index is 1.81. The number of rotatable bonds is 2. The summed E-state index contributed by atoms with van der Waals surface area (Å²) in [5, 5.41) is 0. The van der Waals surface area contributed by atoms with Crippen molar-refractivity contribution in [3.63, 3.8) is 0 Å². The lowest BCUT2D eigenvalue weighted by atomic mass is 9.98. The molecule has 1 N–H and O–H groups in total. The van der Waals surface area contributed by atoms with E-state index < -0.39 is 0 Å². The zero-order valence-corrected chi connectivity index (χ0v) is 11.5. The van der Waals surface area contributed by atoms with E-state index in [-0.39, 0.29) is 5.91 Å². The number of hydrogen-bond donors (Lipinski definition) is 1. The lowest BCUT2D eigenvalue weighted by Crippen LogP contribution is -2.39. The number of nitrogens with zero attached hydrogens (tertiary/aromatic N) is 1. The summed E-state index contributed by atoms with van der Waals surface area (Å²) in [7, 11) is 0. The van der Waals surface area contributed by atoms with Crippen LogP contribution in [0.25, 0.3) is 0 Å². The molecular formula is C17H17N2O+. The van der Waals surface area contributed by atoms with Crippen LogP contribution in [-0.2, 0) is 6.42 Å². The van der Waals surface area contributed by atoms with E-state index in [1.54, 1.807) is 0 Å². The molecule has 0 bridgehead atoms. The van der Waals surface area contributed by atoms with E-state index in [0.717, 1.165) is 13.0 Å². The maximum Gasteiger partial charge on any atom is 0.304 e. The predicted molar refractivity (Wildman–Crippen MR) is 79.1 cm³/mol. The SMILES string of the molecule is Cc1cccc2c1CC[N+](NC(=O)c1ccccc1)=C2. The Kier molecular flexibility index (Phi) is 3.33. The Morgan fingerprint density at radius 1 is 1.10 bits per heavy atom. The second-order valence-electron chi connectivity index (χ2n) is 5.02. The summed E-state index contributed by atoms with van der Waals surface area (Å²) in [5.41, 5.74) is 7.48. The summed E-state index contributed by atoms with van der Waals surface area (Å²) >= 11 is 0. The van der Waals surface area contributed by atoms with Crippen molar-refractivity contribution in [1.29, 1.82) is 0 Å². The highest BCUT2D eigenvalue weighted by Crippen LogP contribution is 2.15. The quantitative estimate of drug-likeness (QED) is 0.830. The van der Waals surface area contributed by atoms with Gasteiger partial charge in [-0.25, -0.2) is 0 Å². The van der Waals surface area contributed by atoms with E-state index in [4.69, 9.17) is 0 Å². The van der Waals surface area contributed by atoms with Gasteiger partial charge < -0.3 is 0 Å². The number of hydrazone groups is 1. The fourth-order valence-electron chi connectivity index (χ4n) is 2.52. The van der Waals surface area contributed by atoms with Gasteiger partial charge in [0.05, 0.1) is 0 Å². The highest BCUT2D eigenvalue weighted by Gasteiger charge is 2.19. The molecule has 20 heavy (non-hydrogen) atoms. The molecule has 3 heteroatoms. The molecule has 1 heterocycles. The van der Waals surface area contributed by atoms with Crippen LogP contribution in [0.2, 0.25) is 0 Å². The van der Waals surface area contributed by atoms with E-state index in [9.17, 15) is 4.79 Å². The van der Waals surface area contributed by atoms with Gasteiger partial charge in [0, 0.05) is 17.5 Å². The number of aryl methyl sites for hydroxylation is 1. The van der Waals surface area contributed by atoms with Crippen molar-refractivity contribution in [3.05, 3.63) is 70.8 Å². The highest BCUT2D eigenvalue weighted by atomic mass is 16.2. The number of amides is 1. The van der Waals surface area contributed by atoms with Gasteiger partial charge in [-0.15, -0.1) is 10.1 Å². The minimum absolute atomic E-state index is 0.0713. The molecule has 0 spiro atoms. The third-order valence-corrected chi connectivity index (χ3v) is 3.63. The Hall–Kier alpha value is -2.42. The molecule has 3 nitrogen and oxygen atoms in total. The molecule has 1 amide bonds.